The fraction of sp³-hybridized carbons (Fsp3) is 0.500. The van der Waals surface area contributed by atoms with Gasteiger partial charge in [0.1, 0.15) is 12.5 Å². The molecule has 7 nitrogen and oxygen atoms in total. The SMILES string of the molecule is CCCNC(=O)c1ccc(N(C)[C@H](CN2CC[C@H](OCOC)C2)c2ccccc2)cc1OC. The lowest BCUT2D eigenvalue weighted by atomic mass is 10.0. The fourth-order valence-corrected chi connectivity index (χ4v) is 4.24. The van der Waals surface area contributed by atoms with Gasteiger partial charge in [-0.3, -0.25) is 9.69 Å². The van der Waals surface area contributed by atoms with E-state index in [0.717, 1.165) is 38.2 Å². The first-order chi connectivity index (χ1) is 16.1. The minimum atomic E-state index is -0.110. The molecule has 3 rings (SSSR count). The minimum Gasteiger partial charge on any atom is -0.496 e. The Bertz CT molecular complexity index is 877. The van der Waals surface area contributed by atoms with Gasteiger partial charge in [-0.15, -0.1) is 0 Å². The molecule has 0 unspecified atom stereocenters. The summed E-state index contributed by atoms with van der Waals surface area (Å²) in [5.41, 5.74) is 2.79. The Labute approximate surface area is 197 Å². The third kappa shape index (κ3) is 6.69. The van der Waals surface area contributed by atoms with E-state index in [1.807, 2.05) is 31.2 Å². The summed E-state index contributed by atoms with van der Waals surface area (Å²) in [6.45, 7) is 5.76. The molecule has 1 heterocycles. The van der Waals surface area contributed by atoms with Gasteiger partial charge < -0.3 is 24.4 Å². The summed E-state index contributed by atoms with van der Waals surface area (Å²) in [6, 6.07) is 16.5. The van der Waals surface area contributed by atoms with Gasteiger partial charge in [0.05, 0.1) is 24.8 Å². The van der Waals surface area contributed by atoms with E-state index < -0.39 is 0 Å². The first-order valence-electron chi connectivity index (χ1n) is 11.6. The van der Waals surface area contributed by atoms with Crippen molar-refractivity contribution in [3.05, 3.63) is 59.7 Å². The molecule has 0 aromatic heterocycles. The van der Waals surface area contributed by atoms with Gasteiger partial charge in [0.25, 0.3) is 5.91 Å². The maximum absolute atomic E-state index is 12.5. The summed E-state index contributed by atoms with van der Waals surface area (Å²) in [7, 11) is 5.35. The number of carbonyl (C=O) groups excluding carboxylic acids is 1. The molecule has 7 heteroatoms. The Kier molecular flexibility index (Phi) is 9.54. The van der Waals surface area contributed by atoms with Crippen LogP contribution in [-0.2, 0) is 9.47 Å². The Morgan fingerprint density at radius 2 is 2.00 bits per heavy atom. The van der Waals surface area contributed by atoms with Crippen LogP contribution in [0.15, 0.2) is 48.5 Å². The third-order valence-corrected chi connectivity index (χ3v) is 6.11. The van der Waals surface area contributed by atoms with Crippen molar-refractivity contribution >= 4 is 11.6 Å². The summed E-state index contributed by atoms with van der Waals surface area (Å²) in [5.74, 6) is 0.468. The Morgan fingerprint density at radius 3 is 2.70 bits per heavy atom. The molecule has 2 aromatic carbocycles. The molecule has 1 aliphatic heterocycles. The monoisotopic (exact) mass is 455 g/mol. The summed E-state index contributed by atoms with van der Waals surface area (Å²) in [4.78, 5) is 17.2. The van der Waals surface area contributed by atoms with Crippen molar-refractivity contribution in [1.29, 1.82) is 0 Å². The third-order valence-electron chi connectivity index (χ3n) is 6.11. The van der Waals surface area contributed by atoms with Crippen molar-refractivity contribution in [2.24, 2.45) is 0 Å². The molecule has 0 radical (unpaired) electrons. The molecule has 0 saturated carbocycles. The molecule has 1 saturated heterocycles. The highest BCUT2D eigenvalue weighted by Crippen LogP contribution is 2.32. The van der Waals surface area contributed by atoms with Crippen LogP contribution in [0.2, 0.25) is 0 Å². The Balaban J connectivity index is 1.80. The number of methoxy groups -OCH3 is 2. The number of hydrogen-bond acceptors (Lipinski definition) is 6. The molecule has 2 aromatic rings. The number of likely N-dealkylation sites (N-methyl/N-ethyl adjacent to an activating group) is 1. The van der Waals surface area contributed by atoms with Crippen molar-refractivity contribution in [2.45, 2.75) is 31.9 Å². The number of anilines is 1. The van der Waals surface area contributed by atoms with Crippen LogP contribution in [-0.4, -0.2) is 71.2 Å². The molecule has 1 amide bonds. The average Bonchev–Trinajstić information content (AvgIpc) is 3.31. The van der Waals surface area contributed by atoms with E-state index in [1.54, 1.807) is 14.2 Å². The van der Waals surface area contributed by atoms with E-state index in [0.29, 0.717) is 24.7 Å². The van der Waals surface area contributed by atoms with Crippen molar-refractivity contribution < 1.29 is 19.0 Å². The van der Waals surface area contributed by atoms with Gasteiger partial charge in [-0.2, -0.15) is 0 Å². The van der Waals surface area contributed by atoms with Crippen molar-refractivity contribution in [2.75, 3.05) is 59.1 Å². The minimum absolute atomic E-state index is 0.110. The maximum Gasteiger partial charge on any atom is 0.255 e. The standard InChI is InChI=1S/C26H37N3O4/c1-5-14-27-26(30)23-12-11-21(16-25(23)32-4)28(2)24(20-9-7-6-8-10-20)18-29-15-13-22(17-29)33-19-31-3/h6-12,16,22,24H,5,13-15,17-19H2,1-4H3,(H,27,30)/t22-,24+/m0/s1. The molecule has 33 heavy (non-hydrogen) atoms. The van der Waals surface area contributed by atoms with Gasteiger partial charge in [0.15, 0.2) is 0 Å². The summed E-state index contributed by atoms with van der Waals surface area (Å²) < 4.78 is 16.4. The van der Waals surface area contributed by atoms with Crippen LogP contribution < -0.4 is 15.0 Å². The number of likely N-dealkylation sites (tertiary alicyclic amines) is 1. The van der Waals surface area contributed by atoms with Gasteiger partial charge >= 0.3 is 0 Å². The van der Waals surface area contributed by atoms with Crippen LogP contribution in [0.3, 0.4) is 0 Å². The molecule has 0 spiro atoms. The number of rotatable bonds is 12. The smallest absolute Gasteiger partial charge is 0.255 e. The lowest BCUT2D eigenvalue weighted by Gasteiger charge is -2.34. The highest BCUT2D eigenvalue weighted by atomic mass is 16.7. The van der Waals surface area contributed by atoms with Crippen LogP contribution in [0.4, 0.5) is 5.69 Å². The van der Waals surface area contributed by atoms with Crippen LogP contribution in [0.5, 0.6) is 5.75 Å². The summed E-state index contributed by atoms with van der Waals surface area (Å²) in [5, 5.41) is 2.93. The van der Waals surface area contributed by atoms with Crippen LogP contribution in [0, 0.1) is 0 Å². The zero-order chi connectivity index (χ0) is 23.6. The van der Waals surface area contributed by atoms with Gasteiger partial charge in [0.2, 0.25) is 0 Å². The van der Waals surface area contributed by atoms with E-state index in [9.17, 15) is 4.79 Å². The quantitative estimate of drug-likeness (QED) is 0.493. The first kappa shape index (κ1) is 25.0. The zero-order valence-electron chi connectivity index (χ0n) is 20.3. The molecular formula is C26H37N3O4. The Morgan fingerprint density at radius 1 is 1.21 bits per heavy atom. The second-order valence-electron chi connectivity index (χ2n) is 8.42. The molecule has 180 valence electrons. The van der Waals surface area contributed by atoms with E-state index >= 15 is 0 Å². The molecule has 0 bridgehead atoms. The number of benzene rings is 2. The number of ether oxygens (including phenoxy) is 3. The van der Waals surface area contributed by atoms with Crippen molar-refractivity contribution in [3.63, 3.8) is 0 Å². The van der Waals surface area contributed by atoms with Gasteiger partial charge in [-0.25, -0.2) is 0 Å². The Hall–Kier alpha value is -2.61. The first-order valence-corrected chi connectivity index (χ1v) is 11.6. The van der Waals surface area contributed by atoms with Crippen molar-refractivity contribution in [1.82, 2.24) is 10.2 Å². The maximum atomic E-state index is 12.5. The number of hydrogen-bond donors (Lipinski definition) is 1. The van der Waals surface area contributed by atoms with Gasteiger partial charge in [0, 0.05) is 52.1 Å². The van der Waals surface area contributed by atoms with Gasteiger partial charge in [-0.05, 0) is 30.5 Å². The van der Waals surface area contributed by atoms with Crippen LogP contribution >= 0.6 is 0 Å². The van der Waals surface area contributed by atoms with Crippen molar-refractivity contribution in [3.8, 4) is 5.75 Å². The lowest BCUT2D eigenvalue weighted by Crippen LogP contribution is -2.36. The molecule has 1 fully saturated rings. The van der Waals surface area contributed by atoms with E-state index in [4.69, 9.17) is 14.2 Å². The molecule has 2 atom stereocenters. The molecule has 1 aliphatic rings. The largest absolute Gasteiger partial charge is 0.496 e. The number of amides is 1. The fourth-order valence-electron chi connectivity index (χ4n) is 4.24. The zero-order valence-corrected chi connectivity index (χ0v) is 20.3. The lowest BCUT2D eigenvalue weighted by molar-refractivity contribution is -0.0671. The topological polar surface area (TPSA) is 63.3 Å². The van der Waals surface area contributed by atoms with E-state index in [2.05, 4.69) is 46.4 Å². The normalized spacial score (nSPS) is 17.0. The second-order valence-corrected chi connectivity index (χ2v) is 8.42. The van der Waals surface area contributed by atoms with Crippen LogP contribution in [0.25, 0.3) is 0 Å². The predicted molar refractivity (Wildman–Crippen MR) is 131 cm³/mol. The molecule has 0 aliphatic carbocycles. The van der Waals surface area contributed by atoms with Crippen LogP contribution in [0.1, 0.15) is 41.7 Å². The molecule has 1 N–H and O–H groups in total. The molecular weight excluding hydrogens is 418 g/mol. The number of carbonyl (C=O) groups is 1. The van der Waals surface area contributed by atoms with E-state index in [1.165, 1.54) is 5.56 Å². The summed E-state index contributed by atoms with van der Waals surface area (Å²) in [6.07, 6.45) is 2.10. The van der Waals surface area contributed by atoms with Gasteiger partial charge in [-0.1, -0.05) is 37.3 Å². The highest BCUT2D eigenvalue weighted by molar-refractivity contribution is 5.97. The number of nitrogens with zero attached hydrogens (tertiary/aromatic N) is 2. The van der Waals surface area contributed by atoms with E-state index in [-0.39, 0.29) is 18.1 Å². The predicted octanol–water partition coefficient (Wildman–Crippen LogP) is 3.71. The second kappa shape index (κ2) is 12.6. The highest BCUT2D eigenvalue weighted by Gasteiger charge is 2.28. The number of nitrogens with one attached hydrogen (secondary N) is 1. The average molecular weight is 456 g/mol. The summed E-state index contributed by atoms with van der Waals surface area (Å²) >= 11 is 0.